The van der Waals surface area contributed by atoms with Gasteiger partial charge in [-0.15, -0.1) is 0 Å². The number of hydrogen-bond donors (Lipinski definition) is 1. The van der Waals surface area contributed by atoms with Crippen LogP contribution in [0.25, 0.3) is 0 Å². The van der Waals surface area contributed by atoms with Crippen LogP contribution in [0.4, 0.5) is 4.39 Å². The number of aromatic nitrogens is 2. The predicted molar refractivity (Wildman–Crippen MR) is 104 cm³/mol. The van der Waals surface area contributed by atoms with Crippen molar-refractivity contribution in [2.75, 3.05) is 20.6 Å². The fourth-order valence-electron chi connectivity index (χ4n) is 2.37. The minimum atomic E-state index is -0.329. The van der Waals surface area contributed by atoms with Crippen molar-refractivity contribution in [2.24, 2.45) is 5.73 Å². The first-order chi connectivity index (χ1) is 11.8. The summed E-state index contributed by atoms with van der Waals surface area (Å²) in [6, 6.07) is 5.93. The smallest absolute Gasteiger partial charge is 0.154 e. The van der Waals surface area contributed by atoms with Gasteiger partial charge >= 0.3 is 0 Å². The van der Waals surface area contributed by atoms with E-state index < -0.39 is 0 Å². The second-order valence-corrected chi connectivity index (χ2v) is 7.86. The van der Waals surface area contributed by atoms with Crippen molar-refractivity contribution in [3.63, 3.8) is 0 Å². The Kier molecular flexibility index (Phi) is 7.34. The van der Waals surface area contributed by atoms with Gasteiger partial charge in [-0.25, -0.2) is 4.39 Å². The van der Waals surface area contributed by atoms with Crippen LogP contribution >= 0.6 is 35.1 Å². The third-order valence-corrected chi connectivity index (χ3v) is 5.23. The van der Waals surface area contributed by atoms with Crippen LogP contribution < -0.4 is 5.73 Å². The van der Waals surface area contributed by atoms with Crippen LogP contribution in [0.1, 0.15) is 16.8 Å². The van der Waals surface area contributed by atoms with E-state index in [1.54, 1.807) is 16.6 Å². The molecule has 0 aliphatic heterocycles. The largest absolute Gasteiger partial charge is 0.327 e. The van der Waals surface area contributed by atoms with Gasteiger partial charge < -0.3 is 5.73 Å². The van der Waals surface area contributed by atoms with E-state index in [0.29, 0.717) is 16.6 Å². The minimum absolute atomic E-state index is 0.0297. The molecule has 0 saturated heterocycles. The lowest BCUT2D eigenvalue weighted by Gasteiger charge is -2.11. The number of halogens is 3. The highest BCUT2D eigenvalue weighted by molar-refractivity contribution is 7.97. The van der Waals surface area contributed by atoms with Gasteiger partial charge in [-0.2, -0.15) is 5.10 Å². The summed E-state index contributed by atoms with van der Waals surface area (Å²) >= 11 is 14.2. The second-order valence-electron chi connectivity index (χ2n) is 5.74. The van der Waals surface area contributed by atoms with Crippen LogP contribution in [0.2, 0.25) is 10.2 Å². The van der Waals surface area contributed by atoms with Gasteiger partial charge in [0.05, 0.1) is 11.6 Å². The molecule has 2 rings (SSSR count). The van der Waals surface area contributed by atoms with Gasteiger partial charge in [-0.1, -0.05) is 29.3 Å². The van der Waals surface area contributed by atoms with Crippen molar-refractivity contribution in [1.29, 1.82) is 0 Å². The molecule has 0 unspecified atom stereocenters. The summed E-state index contributed by atoms with van der Waals surface area (Å²) in [5.74, 6) is -0.329. The molecule has 2 N–H and O–H groups in total. The Morgan fingerprint density at radius 1 is 1.40 bits per heavy atom. The minimum Gasteiger partial charge on any atom is -0.327 e. The van der Waals surface area contributed by atoms with E-state index in [-0.39, 0.29) is 18.9 Å². The van der Waals surface area contributed by atoms with E-state index in [4.69, 9.17) is 28.9 Å². The first kappa shape index (κ1) is 20.3. The molecule has 136 valence electrons. The molecule has 25 heavy (non-hydrogen) atoms. The monoisotopic (exact) mass is 402 g/mol. The highest BCUT2D eigenvalue weighted by atomic mass is 35.5. The number of hydrogen-bond acceptors (Lipinski definition) is 4. The Balaban J connectivity index is 2.22. The van der Waals surface area contributed by atoms with E-state index in [0.717, 1.165) is 21.7 Å². The molecular weight excluding hydrogens is 382 g/mol. The molecule has 1 heterocycles. The molecule has 0 fully saturated rings. The van der Waals surface area contributed by atoms with Crippen molar-refractivity contribution in [2.45, 2.75) is 24.8 Å². The summed E-state index contributed by atoms with van der Waals surface area (Å²) in [4.78, 5) is 0.989. The Bertz CT molecular complexity index is 774. The zero-order valence-corrected chi connectivity index (χ0v) is 16.7. The number of rotatable bonds is 7. The highest BCUT2D eigenvalue weighted by Crippen LogP contribution is 2.31. The predicted octanol–water partition coefficient (Wildman–Crippen LogP) is 4.47. The van der Waals surface area contributed by atoms with Crippen molar-refractivity contribution >= 4 is 35.1 Å². The zero-order valence-electron chi connectivity index (χ0n) is 14.4. The third-order valence-electron chi connectivity index (χ3n) is 3.58. The SMILES string of the molecule is Cc1c(Cc2ccc(SN(C)C)c(Cl)c2)c(Cl)nn1C/C(F)=C/CN. The standard InChI is InChI=1S/C17H21Cl2FN4S/c1-11-14(17(19)22-24(11)10-13(20)6-7-21)8-12-4-5-16(15(18)9-12)25-23(2)3/h4-6,9H,7-8,10,21H2,1-3H3/b13-6-. The number of benzene rings is 1. The normalized spacial score (nSPS) is 12.2. The Morgan fingerprint density at radius 2 is 2.12 bits per heavy atom. The Hall–Kier alpha value is -1.05. The van der Waals surface area contributed by atoms with Crippen molar-refractivity contribution in [3.8, 4) is 0 Å². The zero-order chi connectivity index (χ0) is 18.6. The lowest BCUT2D eigenvalue weighted by molar-refractivity contribution is 0.518. The molecule has 0 aliphatic carbocycles. The molecule has 2 aromatic rings. The van der Waals surface area contributed by atoms with Crippen LogP contribution in [-0.2, 0) is 13.0 Å². The van der Waals surface area contributed by atoms with Crippen molar-refractivity contribution in [1.82, 2.24) is 14.1 Å². The van der Waals surface area contributed by atoms with Gasteiger partial charge in [-0.05, 0) is 56.7 Å². The lowest BCUT2D eigenvalue weighted by atomic mass is 10.1. The van der Waals surface area contributed by atoms with Crippen LogP contribution in [-0.4, -0.2) is 34.7 Å². The molecule has 8 heteroatoms. The van der Waals surface area contributed by atoms with E-state index in [9.17, 15) is 4.39 Å². The summed E-state index contributed by atoms with van der Waals surface area (Å²) in [6.45, 7) is 2.06. The van der Waals surface area contributed by atoms with Crippen molar-refractivity contribution in [3.05, 3.63) is 57.1 Å². The first-order valence-corrected chi connectivity index (χ1v) is 9.24. The maximum atomic E-state index is 13.7. The molecule has 0 spiro atoms. The van der Waals surface area contributed by atoms with Gasteiger partial charge in [0.15, 0.2) is 5.15 Å². The topological polar surface area (TPSA) is 47.1 Å². The molecule has 0 saturated carbocycles. The lowest BCUT2D eigenvalue weighted by Crippen LogP contribution is -2.05. The summed E-state index contributed by atoms with van der Waals surface area (Å²) in [5, 5.41) is 5.29. The summed E-state index contributed by atoms with van der Waals surface area (Å²) in [6.07, 6.45) is 1.91. The maximum Gasteiger partial charge on any atom is 0.154 e. The summed E-state index contributed by atoms with van der Waals surface area (Å²) in [5.41, 5.74) is 8.04. The maximum absolute atomic E-state index is 13.7. The second kappa shape index (κ2) is 9.05. The van der Waals surface area contributed by atoms with E-state index >= 15 is 0 Å². The van der Waals surface area contributed by atoms with Gasteiger partial charge in [-0.3, -0.25) is 8.99 Å². The van der Waals surface area contributed by atoms with Crippen LogP contribution in [0.3, 0.4) is 0 Å². The fraction of sp³-hybridized carbons (Fsp3) is 0.353. The number of allylic oxidation sites excluding steroid dienone is 1. The molecule has 1 aromatic carbocycles. The average molecular weight is 403 g/mol. The van der Waals surface area contributed by atoms with Gasteiger partial charge in [0.2, 0.25) is 0 Å². The molecule has 0 aliphatic rings. The van der Waals surface area contributed by atoms with Gasteiger partial charge in [0, 0.05) is 29.1 Å². The molecule has 0 atom stereocenters. The molecule has 0 bridgehead atoms. The molecular formula is C17H21Cl2FN4S. The number of nitrogens with two attached hydrogens (primary N) is 1. The molecule has 1 aromatic heterocycles. The van der Waals surface area contributed by atoms with E-state index in [2.05, 4.69) is 5.10 Å². The van der Waals surface area contributed by atoms with Crippen LogP contribution in [0.5, 0.6) is 0 Å². The Morgan fingerprint density at radius 3 is 2.72 bits per heavy atom. The Labute approximate surface area is 161 Å². The molecule has 0 amide bonds. The third kappa shape index (κ3) is 5.46. The van der Waals surface area contributed by atoms with Gasteiger partial charge in [0.1, 0.15) is 5.83 Å². The van der Waals surface area contributed by atoms with Crippen molar-refractivity contribution < 1.29 is 4.39 Å². The molecule has 4 nitrogen and oxygen atoms in total. The average Bonchev–Trinajstić information content (AvgIpc) is 2.77. The number of nitrogens with zero attached hydrogens (tertiary/aromatic N) is 3. The summed E-state index contributed by atoms with van der Waals surface area (Å²) in [7, 11) is 3.93. The van der Waals surface area contributed by atoms with E-state index in [1.165, 1.54) is 6.08 Å². The summed E-state index contributed by atoms with van der Waals surface area (Å²) < 4.78 is 17.2. The van der Waals surface area contributed by atoms with Crippen LogP contribution in [0.15, 0.2) is 35.0 Å². The van der Waals surface area contributed by atoms with Gasteiger partial charge in [0.25, 0.3) is 0 Å². The molecule has 0 radical (unpaired) electrons. The first-order valence-electron chi connectivity index (χ1n) is 7.72. The fourth-order valence-corrected chi connectivity index (χ4v) is 3.64. The quantitative estimate of drug-likeness (QED) is 0.693. The highest BCUT2D eigenvalue weighted by Gasteiger charge is 2.15. The van der Waals surface area contributed by atoms with Crippen LogP contribution in [0, 0.1) is 6.92 Å². The van der Waals surface area contributed by atoms with E-state index in [1.807, 2.05) is 43.5 Å².